The molecule has 0 N–H and O–H groups in total. The monoisotopic (exact) mass is 254 g/mol. The fourth-order valence-corrected chi connectivity index (χ4v) is 2.91. The Balaban J connectivity index is 1.78. The molecule has 86 valence electrons. The fraction of sp³-hybridized carbons (Fsp3) is 0.462. The van der Waals surface area contributed by atoms with Crippen molar-refractivity contribution in [2.75, 3.05) is 5.75 Å². The van der Waals surface area contributed by atoms with Crippen molar-refractivity contribution >= 4 is 29.1 Å². The van der Waals surface area contributed by atoms with Gasteiger partial charge in [-0.25, -0.2) is 0 Å². The minimum atomic E-state index is 0.356. The summed E-state index contributed by atoms with van der Waals surface area (Å²) in [7, 11) is 0. The normalized spacial score (nSPS) is 15.8. The summed E-state index contributed by atoms with van der Waals surface area (Å²) in [6, 6.07) is 7.68. The minimum Gasteiger partial charge on any atom is -0.299 e. The molecule has 2 rings (SSSR count). The fourth-order valence-electron chi connectivity index (χ4n) is 1.80. The Morgan fingerprint density at radius 1 is 1.38 bits per heavy atom. The van der Waals surface area contributed by atoms with E-state index in [9.17, 15) is 4.79 Å². The van der Waals surface area contributed by atoms with E-state index in [4.69, 9.17) is 11.6 Å². The number of hydrogen-bond acceptors (Lipinski definition) is 2. The molecule has 0 spiro atoms. The second-order valence-corrected chi connectivity index (χ2v) is 5.68. The SMILES string of the molecule is O=C(CSc1ccccc1Cl)CC1CCC1. The topological polar surface area (TPSA) is 17.1 Å². The predicted octanol–water partition coefficient (Wildman–Crippen LogP) is 4.19. The molecular formula is C13H15ClOS. The van der Waals surface area contributed by atoms with Crippen LogP contribution in [0.15, 0.2) is 29.2 Å². The van der Waals surface area contributed by atoms with Crippen molar-refractivity contribution in [1.82, 2.24) is 0 Å². The van der Waals surface area contributed by atoms with Crippen molar-refractivity contribution in [2.45, 2.75) is 30.6 Å². The van der Waals surface area contributed by atoms with Crippen molar-refractivity contribution < 1.29 is 4.79 Å². The Kier molecular flexibility index (Phi) is 4.30. The zero-order chi connectivity index (χ0) is 11.4. The summed E-state index contributed by atoms with van der Waals surface area (Å²) in [6.45, 7) is 0. The third-order valence-corrected chi connectivity index (χ3v) is 4.54. The van der Waals surface area contributed by atoms with Gasteiger partial charge in [0, 0.05) is 11.3 Å². The molecule has 1 aromatic carbocycles. The van der Waals surface area contributed by atoms with Crippen molar-refractivity contribution in [3.8, 4) is 0 Å². The van der Waals surface area contributed by atoms with Crippen LogP contribution in [0.4, 0.5) is 0 Å². The van der Waals surface area contributed by atoms with Gasteiger partial charge >= 0.3 is 0 Å². The molecular weight excluding hydrogens is 240 g/mol. The number of ketones is 1. The third-order valence-electron chi connectivity index (χ3n) is 2.97. The maximum absolute atomic E-state index is 11.7. The molecule has 1 nitrogen and oxygen atoms in total. The maximum atomic E-state index is 11.7. The molecule has 1 aliphatic rings. The summed E-state index contributed by atoms with van der Waals surface area (Å²) < 4.78 is 0. The first kappa shape index (κ1) is 12.0. The van der Waals surface area contributed by atoms with Crippen LogP contribution < -0.4 is 0 Å². The second-order valence-electron chi connectivity index (χ2n) is 4.26. The van der Waals surface area contributed by atoms with Crippen LogP contribution in [0.3, 0.4) is 0 Å². The van der Waals surface area contributed by atoms with Gasteiger partial charge in [0.15, 0.2) is 0 Å². The van der Waals surface area contributed by atoms with Crippen LogP contribution in [0, 0.1) is 5.92 Å². The van der Waals surface area contributed by atoms with E-state index in [2.05, 4.69) is 0 Å². The lowest BCUT2D eigenvalue weighted by atomic mass is 9.82. The predicted molar refractivity (Wildman–Crippen MR) is 69.1 cm³/mol. The number of carbonyl (C=O) groups is 1. The number of hydrogen-bond donors (Lipinski definition) is 0. The van der Waals surface area contributed by atoms with Gasteiger partial charge in [0.1, 0.15) is 5.78 Å². The highest BCUT2D eigenvalue weighted by molar-refractivity contribution is 8.00. The third kappa shape index (κ3) is 3.26. The summed E-state index contributed by atoms with van der Waals surface area (Å²) in [4.78, 5) is 12.7. The summed E-state index contributed by atoms with van der Waals surface area (Å²) >= 11 is 7.57. The highest BCUT2D eigenvalue weighted by atomic mass is 35.5. The van der Waals surface area contributed by atoms with Crippen LogP contribution in [0.1, 0.15) is 25.7 Å². The van der Waals surface area contributed by atoms with Crippen LogP contribution >= 0.6 is 23.4 Å². The van der Waals surface area contributed by atoms with Gasteiger partial charge in [-0.05, 0) is 18.1 Å². The molecule has 1 fully saturated rings. The van der Waals surface area contributed by atoms with Crippen LogP contribution in [0.5, 0.6) is 0 Å². The van der Waals surface area contributed by atoms with Crippen LogP contribution in [-0.4, -0.2) is 11.5 Å². The van der Waals surface area contributed by atoms with Crippen LogP contribution in [-0.2, 0) is 4.79 Å². The Bertz CT molecular complexity index is 374. The van der Waals surface area contributed by atoms with Crippen LogP contribution in [0.2, 0.25) is 5.02 Å². The largest absolute Gasteiger partial charge is 0.299 e. The molecule has 0 bridgehead atoms. The standard InChI is InChI=1S/C13H15ClOS/c14-12-6-1-2-7-13(12)16-9-11(15)8-10-4-3-5-10/h1-2,6-7,10H,3-5,8-9H2. The maximum Gasteiger partial charge on any atom is 0.143 e. The van der Waals surface area contributed by atoms with Crippen molar-refractivity contribution in [3.63, 3.8) is 0 Å². The quantitative estimate of drug-likeness (QED) is 0.733. The lowest BCUT2D eigenvalue weighted by Crippen LogP contribution is -2.16. The van der Waals surface area contributed by atoms with Gasteiger partial charge in [-0.1, -0.05) is 43.0 Å². The lowest BCUT2D eigenvalue weighted by Gasteiger charge is -2.24. The van der Waals surface area contributed by atoms with Gasteiger partial charge in [0.2, 0.25) is 0 Å². The molecule has 1 aromatic rings. The number of thioether (sulfide) groups is 1. The molecule has 3 heteroatoms. The zero-order valence-corrected chi connectivity index (χ0v) is 10.7. The number of Topliss-reactive ketones (excluding diaryl/α,β-unsaturated/α-hetero) is 1. The second kappa shape index (κ2) is 5.74. The van der Waals surface area contributed by atoms with E-state index in [0.29, 0.717) is 17.5 Å². The van der Waals surface area contributed by atoms with E-state index < -0.39 is 0 Å². The molecule has 0 atom stereocenters. The van der Waals surface area contributed by atoms with E-state index in [1.165, 1.54) is 19.3 Å². The summed E-state index contributed by atoms with van der Waals surface area (Å²) in [5.74, 6) is 1.58. The van der Waals surface area contributed by atoms with E-state index >= 15 is 0 Å². The Labute approximate surface area is 106 Å². The molecule has 0 heterocycles. The Morgan fingerprint density at radius 2 is 2.12 bits per heavy atom. The first-order chi connectivity index (χ1) is 7.75. The van der Waals surface area contributed by atoms with E-state index in [1.54, 1.807) is 11.8 Å². The number of rotatable bonds is 5. The van der Waals surface area contributed by atoms with Crippen molar-refractivity contribution in [3.05, 3.63) is 29.3 Å². The molecule has 1 saturated carbocycles. The molecule has 0 radical (unpaired) electrons. The lowest BCUT2D eigenvalue weighted by molar-refractivity contribution is -0.118. The van der Waals surface area contributed by atoms with Gasteiger partial charge < -0.3 is 0 Å². The molecule has 0 saturated heterocycles. The zero-order valence-electron chi connectivity index (χ0n) is 9.12. The summed E-state index contributed by atoms with van der Waals surface area (Å²) in [5.41, 5.74) is 0. The first-order valence-electron chi connectivity index (χ1n) is 5.65. The average molecular weight is 255 g/mol. The molecule has 0 aromatic heterocycles. The van der Waals surface area contributed by atoms with Gasteiger partial charge in [-0.15, -0.1) is 11.8 Å². The Morgan fingerprint density at radius 3 is 2.75 bits per heavy atom. The van der Waals surface area contributed by atoms with E-state index in [-0.39, 0.29) is 0 Å². The molecule has 16 heavy (non-hydrogen) atoms. The first-order valence-corrected chi connectivity index (χ1v) is 7.01. The summed E-state index contributed by atoms with van der Waals surface area (Å²) in [5, 5.41) is 0.740. The number of carbonyl (C=O) groups excluding carboxylic acids is 1. The highest BCUT2D eigenvalue weighted by Gasteiger charge is 2.20. The van der Waals surface area contributed by atoms with Gasteiger partial charge in [-0.3, -0.25) is 4.79 Å². The highest BCUT2D eigenvalue weighted by Crippen LogP contribution is 2.31. The van der Waals surface area contributed by atoms with Gasteiger partial charge in [-0.2, -0.15) is 0 Å². The smallest absolute Gasteiger partial charge is 0.143 e. The average Bonchev–Trinajstić information content (AvgIpc) is 2.22. The van der Waals surface area contributed by atoms with E-state index in [1.807, 2.05) is 24.3 Å². The van der Waals surface area contributed by atoms with Crippen LogP contribution in [0.25, 0.3) is 0 Å². The molecule has 0 unspecified atom stereocenters. The minimum absolute atomic E-state index is 0.356. The Hall–Kier alpha value is -0.470. The summed E-state index contributed by atoms with van der Waals surface area (Å²) in [6.07, 6.45) is 4.54. The molecule has 0 aliphatic heterocycles. The molecule has 1 aliphatic carbocycles. The molecule has 0 amide bonds. The number of halogens is 1. The van der Waals surface area contributed by atoms with Crippen molar-refractivity contribution in [1.29, 1.82) is 0 Å². The number of benzene rings is 1. The van der Waals surface area contributed by atoms with Gasteiger partial charge in [0.25, 0.3) is 0 Å². The van der Waals surface area contributed by atoms with Gasteiger partial charge in [0.05, 0.1) is 10.8 Å². The van der Waals surface area contributed by atoms with E-state index in [0.717, 1.165) is 16.3 Å². The van der Waals surface area contributed by atoms with Crippen molar-refractivity contribution in [2.24, 2.45) is 5.92 Å².